The number of rotatable bonds is 4. The highest BCUT2D eigenvalue weighted by molar-refractivity contribution is 14.0. The van der Waals surface area contributed by atoms with Crippen molar-refractivity contribution in [1.29, 1.82) is 0 Å². The molecule has 8 heteroatoms. The summed E-state index contributed by atoms with van der Waals surface area (Å²) in [6.45, 7) is 11.0. The van der Waals surface area contributed by atoms with Crippen LogP contribution in [0.15, 0.2) is 17.1 Å². The van der Waals surface area contributed by atoms with Gasteiger partial charge in [0, 0.05) is 32.8 Å². The molecule has 3 rings (SSSR count). The smallest absolute Gasteiger partial charge is 0.194 e. The third-order valence-electron chi connectivity index (χ3n) is 5.67. The van der Waals surface area contributed by atoms with Crippen molar-refractivity contribution in [2.24, 2.45) is 16.3 Å². The number of sulfone groups is 1. The van der Waals surface area contributed by atoms with Crippen LogP contribution in [-0.2, 0) is 14.6 Å². The predicted octanol–water partition coefficient (Wildman–Crippen LogP) is 2.06. The summed E-state index contributed by atoms with van der Waals surface area (Å²) in [7, 11) is -2.83. The van der Waals surface area contributed by atoms with Crippen molar-refractivity contribution >= 4 is 39.8 Å². The summed E-state index contributed by atoms with van der Waals surface area (Å²) < 4.78 is 28.9. The van der Waals surface area contributed by atoms with Crippen LogP contribution >= 0.6 is 24.0 Å². The lowest BCUT2D eigenvalue weighted by Crippen LogP contribution is -2.44. The highest BCUT2D eigenvalue weighted by atomic mass is 127. The molecule has 0 aliphatic carbocycles. The first-order chi connectivity index (χ1) is 11.9. The average molecular weight is 497 g/mol. The van der Waals surface area contributed by atoms with Crippen molar-refractivity contribution in [3.05, 3.63) is 12.2 Å². The first-order valence-electron chi connectivity index (χ1n) is 9.33. The van der Waals surface area contributed by atoms with Gasteiger partial charge in [-0.3, -0.25) is 0 Å². The van der Waals surface area contributed by atoms with E-state index in [2.05, 4.69) is 16.8 Å². The van der Waals surface area contributed by atoms with E-state index in [-0.39, 0.29) is 29.9 Å². The van der Waals surface area contributed by atoms with Gasteiger partial charge in [0.1, 0.15) is 0 Å². The van der Waals surface area contributed by atoms with Gasteiger partial charge in [0.05, 0.1) is 18.1 Å². The summed E-state index contributed by atoms with van der Waals surface area (Å²) in [5.41, 5.74) is 1.39. The Bertz CT molecular complexity index is 630. The third-order valence-corrected chi connectivity index (χ3v) is 7.50. The summed E-state index contributed by atoms with van der Waals surface area (Å²) >= 11 is 0. The molecule has 3 saturated heterocycles. The Morgan fingerprint density at radius 3 is 2.69 bits per heavy atom. The van der Waals surface area contributed by atoms with Gasteiger partial charge >= 0.3 is 0 Å². The Labute approximate surface area is 174 Å². The summed E-state index contributed by atoms with van der Waals surface area (Å²) in [4.78, 5) is 7.08. The molecule has 0 aromatic heterocycles. The van der Waals surface area contributed by atoms with Crippen LogP contribution in [0.2, 0.25) is 0 Å². The van der Waals surface area contributed by atoms with Crippen LogP contribution in [0.5, 0.6) is 0 Å². The lowest BCUT2D eigenvalue weighted by atomic mass is 9.80. The molecule has 0 amide bonds. The zero-order valence-electron chi connectivity index (χ0n) is 15.7. The molecule has 0 bridgehead atoms. The number of halogens is 1. The Balaban J connectivity index is 0.00000243. The molecule has 0 aromatic rings. The molecule has 0 aromatic carbocycles. The topological polar surface area (TPSA) is 71.0 Å². The third kappa shape index (κ3) is 5.82. The first kappa shape index (κ1) is 21.9. The highest BCUT2D eigenvalue weighted by Gasteiger charge is 2.40. The van der Waals surface area contributed by atoms with E-state index in [4.69, 9.17) is 9.73 Å². The van der Waals surface area contributed by atoms with E-state index in [1.165, 1.54) is 6.42 Å². The number of aliphatic imine (C=N–C) groups is 1. The molecule has 0 saturated carbocycles. The average Bonchev–Trinajstić information content (AvgIpc) is 3.11. The van der Waals surface area contributed by atoms with E-state index >= 15 is 0 Å². The Hall–Kier alpha value is -0.350. The number of nitrogens with one attached hydrogen (secondary N) is 1. The van der Waals surface area contributed by atoms with Crippen molar-refractivity contribution in [2.45, 2.75) is 32.6 Å². The minimum atomic E-state index is -2.83. The Morgan fingerprint density at radius 1 is 1.35 bits per heavy atom. The number of hydrogen-bond donors (Lipinski definition) is 1. The van der Waals surface area contributed by atoms with Crippen LogP contribution in [0.25, 0.3) is 0 Å². The number of ether oxygens (including phenoxy) is 1. The SMILES string of the molecule is C=C(C)CN=C(NCC1CCS(=O)(=O)C1)N1CCC2(CCOCC2)C1.I. The largest absolute Gasteiger partial charge is 0.381 e. The van der Waals surface area contributed by atoms with Gasteiger partial charge in [-0.05, 0) is 43.9 Å². The summed E-state index contributed by atoms with van der Waals surface area (Å²) in [5, 5.41) is 3.46. The van der Waals surface area contributed by atoms with E-state index < -0.39 is 9.84 Å². The zero-order chi connectivity index (χ0) is 17.9. The molecule has 26 heavy (non-hydrogen) atoms. The maximum atomic E-state index is 11.7. The maximum Gasteiger partial charge on any atom is 0.194 e. The van der Waals surface area contributed by atoms with Gasteiger partial charge in [0.2, 0.25) is 0 Å². The molecule has 1 atom stereocenters. The van der Waals surface area contributed by atoms with Crippen molar-refractivity contribution in [3.63, 3.8) is 0 Å². The monoisotopic (exact) mass is 497 g/mol. The molecule has 3 fully saturated rings. The molecule has 3 heterocycles. The maximum absolute atomic E-state index is 11.7. The normalized spacial score (nSPS) is 27.3. The molecule has 1 N–H and O–H groups in total. The lowest BCUT2D eigenvalue weighted by molar-refractivity contribution is 0.0217. The van der Waals surface area contributed by atoms with E-state index in [1.807, 2.05) is 6.92 Å². The van der Waals surface area contributed by atoms with Gasteiger partial charge in [-0.25, -0.2) is 13.4 Å². The standard InChI is InChI=1S/C18H31N3O3S.HI/c1-15(2)11-19-17(20-12-16-3-10-25(22,23)13-16)21-7-4-18(14-21)5-8-24-9-6-18;/h16H,1,3-14H2,2H3,(H,19,20);1H. The van der Waals surface area contributed by atoms with Gasteiger partial charge < -0.3 is 15.0 Å². The second kappa shape index (κ2) is 9.23. The zero-order valence-corrected chi connectivity index (χ0v) is 18.9. The summed E-state index contributed by atoms with van der Waals surface area (Å²) in [5.74, 6) is 1.73. The fraction of sp³-hybridized carbons (Fsp3) is 0.833. The van der Waals surface area contributed by atoms with Crippen LogP contribution in [0, 0.1) is 11.3 Å². The van der Waals surface area contributed by atoms with Crippen LogP contribution in [-0.4, -0.2) is 70.2 Å². The van der Waals surface area contributed by atoms with Crippen LogP contribution in [0.4, 0.5) is 0 Å². The fourth-order valence-corrected chi connectivity index (χ4v) is 5.94. The molecular weight excluding hydrogens is 465 g/mol. The van der Waals surface area contributed by atoms with Crippen LogP contribution < -0.4 is 5.32 Å². The highest BCUT2D eigenvalue weighted by Crippen LogP contribution is 2.39. The molecule has 150 valence electrons. The first-order valence-corrected chi connectivity index (χ1v) is 11.2. The molecule has 3 aliphatic heterocycles. The van der Waals surface area contributed by atoms with Gasteiger partial charge in [0.25, 0.3) is 0 Å². The quantitative estimate of drug-likeness (QED) is 0.279. The lowest BCUT2D eigenvalue weighted by Gasteiger charge is -2.33. The van der Waals surface area contributed by atoms with E-state index in [1.54, 1.807) is 0 Å². The fourth-order valence-electron chi connectivity index (χ4n) is 4.07. The summed E-state index contributed by atoms with van der Waals surface area (Å²) in [6.07, 6.45) is 4.18. The van der Waals surface area contributed by atoms with Crippen molar-refractivity contribution in [3.8, 4) is 0 Å². The van der Waals surface area contributed by atoms with Crippen LogP contribution in [0.1, 0.15) is 32.6 Å². The number of hydrogen-bond acceptors (Lipinski definition) is 4. The van der Waals surface area contributed by atoms with Crippen LogP contribution in [0.3, 0.4) is 0 Å². The number of guanidine groups is 1. The Kier molecular flexibility index (Phi) is 7.79. The van der Waals surface area contributed by atoms with Gasteiger partial charge in [-0.15, -0.1) is 24.0 Å². The number of nitrogens with zero attached hydrogens (tertiary/aromatic N) is 2. The minimum absolute atomic E-state index is 0. The van der Waals surface area contributed by atoms with Gasteiger partial charge in [0.15, 0.2) is 15.8 Å². The second-order valence-corrected chi connectivity index (χ2v) is 10.3. The van der Waals surface area contributed by atoms with E-state index in [9.17, 15) is 8.42 Å². The van der Waals surface area contributed by atoms with Gasteiger partial charge in [-0.1, -0.05) is 12.2 Å². The van der Waals surface area contributed by atoms with E-state index in [0.29, 0.717) is 30.0 Å². The molecule has 3 aliphatic rings. The molecule has 6 nitrogen and oxygen atoms in total. The molecule has 1 spiro atoms. The molecule has 1 unspecified atom stereocenters. The van der Waals surface area contributed by atoms with Crippen molar-refractivity contribution in [1.82, 2.24) is 10.2 Å². The Morgan fingerprint density at radius 2 is 2.08 bits per heavy atom. The summed E-state index contributed by atoms with van der Waals surface area (Å²) in [6, 6.07) is 0. The predicted molar refractivity (Wildman–Crippen MR) is 116 cm³/mol. The van der Waals surface area contributed by atoms with Gasteiger partial charge in [-0.2, -0.15) is 0 Å². The minimum Gasteiger partial charge on any atom is -0.381 e. The van der Waals surface area contributed by atoms with E-state index in [0.717, 1.165) is 57.1 Å². The second-order valence-electron chi connectivity index (χ2n) is 8.03. The molecule has 0 radical (unpaired) electrons. The molecular formula is C18H32IN3O3S. The van der Waals surface area contributed by atoms with Crippen molar-refractivity contribution in [2.75, 3.05) is 50.9 Å². The number of likely N-dealkylation sites (tertiary alicyclic amines) is 1. The van der Waals surface area contributed by atoms with Crippen molar-refractivity contribution < 1.29 is 13.2 Å².